The van der Waals surface area contributed by atoms with E-state index in [1.165, 1.54) is 0 Å². The van der Waals surface area contributed by atoms with Crippen LogP contribution in [0.15, 0.2) is 0 Å². The lowest BCUT2D eigenvalue weighted by Crippen LogP contribution is -2.48. The summed E-state index contributed by atoms with van der Waals surface area (Å²) >= 11 is 0. The van der Waals surface area contributed by atoms with Crippen molar-refractivity contribution in [2.45, 2.75) is 38.3 Å². The highest BCUT2D eigenvalue weighted by molar-refractivity contribution is 5.82. The van der Waals surface area contributed by atoms with Crippen LogP contribution in [0.25, 0.3) is 0 Å². The molecule has 16 heavy (non-hydrogen) atoms. The lowest BCUT2D eigenvalue weighted by molar-refractivity contribution is -0.140. The largest absolute Gasteiger partial charge is 0.480 e. The fourth-order valence-electron chi connectivity index (χ4n) is 1.67. The van der Waals surface area contributed by atoms with Crippen molar-refractivity contribution in [3.8, 4) is 0 Å². The lowest BCUT2D eigenvalue weighted by Gasteiger charge is -2.12. The number of hydrogen-bond acceptors (Lipinski definition) is 3. The summed E-state index contributed by atoms with van der Waals surface area (Å²) in [4.78, 5) is 21.9. The molecule has 0 heterocycles. The number of aliphatic carboxylic acids is 1. The fourth-order valence-corrected chi connectivity index (χ4v) is 1.67. The van der Waals surface area contributed by atoms with Gasteiger partial charge in [0.15, 0.2) is 6.04 Å². The summed E-state index contributed by atoms with van der Waals surface area (Å²) in [6.45, 7) is 1.48. The van der Waals surface area contributed by atoms with Gasteiger partial charge in [-0.2, -0.15) is 0 Å². The van der Waals surface area contributed by atoms with Gasteiger partial charge < -0.3 is 20.8 Å². The number of carbonyl (C=O) groups is 2. The molecule has 4 N–H and O–H groups in total. The quantitative estimate of drug-likeness (QED) is 0.513. The Balaban J connectivity index is 2.24. The van der Waals surface area contributed by atoms with E-state index in [2.05, 4.69) is 17.6 Å². The molecule has 3 atom stereocenters. The van der Waals surface area contributed by atoms with Crippen molar-refractivity contribution in [2.24, 2.45) is 5.92 Å². The first-order chi connectivity index (χ1) is 7.58. The number of hydrogen-bond donors (Lipinski definition) is 4. The summed E-state index contributed by atoms with van der Waals surface area (Å²) in [6, 6.07) is -1.60. The number of amides is 2. The maximum absolute atomic E-state index is 11.3. The summed E-state index contributed by atoms with van der Waals surface area (Å²) in [5, 5.41) is 22.2. The molecule has 1 fully saturated rings. The monoisotopic (exact) mass is 230 g/mol. The van der Waals surface area contributed by atoms with E-state index < -0.39 is 24.6 Å². The molecule has 0 bridgehead atoms. The Kier molecular flexibility index (Phi) is 4.54. The number of carbonyl (C=O) groups excluding carboxylic acids is 1. The van der Waals surface area contributed by atoms with Gasteiger partial charge in [0.1, 0.15) is 0 Å². The molecule has 1 saturated carbocycles. The van der Waals surface area contributed by atoms with Crippen molar-refractivity contribution in [1.82, 2.24) is 10.6 Å². The zero-order valence-corrected chi connectivity index (χ0v) is 9.27. The van der Waals surface area contributed by atoms with E-state index in [1.807, 2.05) is 0 Å². The molecule has 0 aromatic rings. The normalized spacial score (nSPS) is 24.6. The molecule has 6 nitrogen and oxygen atoms in total. The van der Waals surface area contributed by atoms with E-state index in [0.29, 0.717) is 5.92 Å². The molecule has 6 heteroatoms. The second-order valence-corrected chi connectivity index (χ2v) is 4.08. The van der Waals surface area contributed by atoms with E-state index in [-0.39, 0.29) is 6.04 Å². The third-order valence-corrected chi connectivity index (χ3v) is 2.68. The molecule has 92 valence electrons. The van der Waals surface area contributed by atoms with Gasteiger partial charge in [-0.05, 0) is 18.8 Å². The summed E-state index contributed by atoms with van der Waals surface area (Å²) in [5.41, 5.74) is 0. The van der Waals surface area contributed by atoms with Crippen LogP contribution in [0, 0.1) is 5.92 Å². The highest BCUT2D eigenvalue weighted by Gasteiger charge is 2.37. The minimum atomic E-state index is -1.24. The molecule has 0 aromatic heterocycles. The summed E-state index contributed by atoms with van der Waals surface area (Å²) in [5.74, 6) is -0.716. The lowest BCUT2D eigenvalue weighted by atomic mass is 10.2. The molecule has 1 aliphatic rings. The Labute approximate surface area is 94.0 Å². The van der Waals surface area contributed by atoms with E-state index in [0.717, 1.165) is 19.3 Å². The van der Waals surface area contributed by atoms with Crippen molar-refractivity contribution in [1.29, 1.82) is 0 Å². The van der Waals surface area contributed by atoms with Crippen molar-refractivity contribution in [2.75, 3.05) is 6.61 Å². The molecule has 0 saturated heterocycles. The average molecular weight is 230 g/mol. The summed E-state index contributed by atoms with van der Waals surface area (Å²) < 4.78 is 0. The minimum absolute atomic E-state index is 0.160. The van der Waals surface area contributed by atoms with Crippen LogP contribution in [0.3, 0.4) is 0 Å². The minimum Gasteiger partial charge on any atom is -0.480 e. The van der Waals surface area contributed by atoms with Crippen LogP contribution in [0.2, 0.25) is 0 Å². The van der Waals surface area contributed by atoms with Crippen LogP contribution >= 0.6 is 0 Å². The summed E-state index contributed by atoms with van der Waals surface area (Å²) in [6.07, 6.45) is 3.12. The number of rotatable bonds is 6. The molecular weight excluding hydrogens is 212 g/mol. The van der Waals surface area contributed by atoms with Crippen LogP contribution < -0.4 is 10.6 Å². The van der Waals surface area contributed by atoms with E-state index in [4.69, 9.17) is 10.2 Å². The van der Waals surface area contributed by atoms with Crippen molar-refractivity contribution < 1.29 is 19.8 Å². The van der Waals surface area contributed by atoms with E-state index in [1.54, 1.807) is 0 Å². The molecule has 1 aliphatic carbocycles. The van der Waals surface area contributed by atoms with Crippen LogP contribution in [0.5, 0.6) is 0 Å². The standard InChI is InChI=1S/C10H18N2O4/c1-2-3-6-4-7(6)11-10(16)12-8(5-13)9(14)15/h6-8,13H,2-5H2,1H3,(H,14,15)(H2,11,12,16)/t6?,7?,8-/m0/s1. The Morgan fingerprint density at radius 2 is 2.19 bits per heavy atom. The maximum Gasteiger partial charge on any atom is 0.328 e. The molecule has 2 amide bonds. The number of carboxylic acid groups (broad SMARTS) is 1. The molecule has 0 radical (unpaired) electrons. The molecule has 0 spiro atoms. The highest BCUT2D eigenvalue weighted by atomic mass is 16.4. The SMILES string of the molecule is CCCC1CC1NC(=O)N[C@@H](CO)C(=O)O. The second kappa shape index (κ2) is 5.69. The second-order valence-electron chi connectivity index (χ2n) is 4.08. The highest BCUT2D eigenvalue weighted by Crippen LogP contribution is 2.34. The molecule has 0 aromatic carbocycles. The number of aliphatic hydroxyl groups is 1. The van der Waals surface area contributed by atoms with Crippen molar-refractivity contribution in [3.05, 3.63) is 0 Å². The van der Waals surface area contributed by atoms with Crippen molar-refractivity contribution in [3.63, 3.8) is 0 Å². The Morgan fingerprint density at radius 1 is 1.50 bits per heavy atom. The van der Waals surface area contributed by atoms with Gasteiger partial charge in [-0.1, -0.05) is 13.3 Å². The molecule has 0 aliphatic heterocycles. The molecular formula is C10H18N2O4. The van der Waals surface area contributed by atoms with Gasteiger partial charge in [0.05, 0.1) is 6.61 Å². The third-order valence-electron chi connectivity index (χ3n) is 2.68. The topological polar surface area (TPSA) is 98.7 Å². The zero-order chi connectivity index (χ0) is 12.1. The zero-order valence-electron chi connectivity index (χ0n) is 9.27. The van der Waals surface area contributed by atoms with Gasteiger partial charge in [0, 0.05) is 6.04 Å². The molecule has 2 unspecified atom stereocenters. The van der Waals surface area contributed by atoms with Gasteiger partial charge in [0.2, 0.25) is 0 Å². The number of nitrogens with one attached hydrogen (secondary N) is 2. The first kappa shape index (κ1) is 12.8. The van der Waals surface area contributed by atoms with Crippen LogP contribution in [-0.2, 0) is 4.79 Å². The Morgan fingerprint density at radius 3 is 2.69 bits per heavy atom. The van der Waals surface area contributed by atoms with Gasteiger partial charge in [-0.25, -0.2) is 9.59 Å². The van der Waals surface area contributed by atoms with Gasteiger partial charge in [-0.3, -0.25) is 0 Å². The predicted molar refractivity (Wildman–Crippen MR) is 57.0 cm³/mol. The average Bonchev–Trinajstić information content (AvgIpc) is 2.93. The van der Waals surface area contributed by atoms with Crippen LogP contribution in [0.1, 0.15) is 26.2 Å². The smallest absolute Gasteiger partial charge is 0.328 e. The fraction of sp³-hybridized carbons (Fsp3) is 0.800. The van der Waals surface area contributed by atoms with Gasteiger partial charge in [0.25, 0.3) is 0 Å². The van der Waals surface area contributed by atoms with Crippen LogP contribution in [0.4, 0.5) is 4.79 Å². The Hall–Kier alpha value is -1.30. The third kappa shape index (κ3) is 3.69. The first-order valence-corrected chi connectivity index (χ1v) is 5.49. The van der Waals surface area contributed by atoms with Crippen LogP contribution in [-0.4, -0.2) is 40.9 Å². The predicted octanol–water partition coefficient (Wildman–Crippen LogP) is -0.0803. The van der Waals surface area contributed by atoms with E-state index >= 15 is 0 Å². The maximum atomic E-state index is 11.3. The summed E-state index contributed by atoms with van der Waals surface area (Å²) in [7, 11) is 0. The van der Waals surface area contributed by atoms with E-state index in [9.17, 15) is 9.59 Å². The number of urea groups is 1. The van der Waals surface area contributed by atoms with Crippen molar-refractivity contribution >= 4 is 12.0 Å². The number of aliphatic hydroxyl groups excluding tert-OH is 1. The number of carboxylic acids is 1. The molecule has 1 rings (SSSR count). The van der Waals surface area contributed by atoms with Gasteiger partial charge >= 0.3 is 12.0 Å². The van der Waals surface area contributed by atoms with Gasteiger partial charge in [-0.15, -0.1) is 0 Å². The first-order valence-electron chi connectivity index (χ1n) is 5.49. The Bertz CT molecular complexity index is 270.